The molecule has 1 aromatic carbocycles. The van der Waals surface area contributed by atoms with E-state index in [0.717, 1.165) is 11.1 Å². The molecule has 2 amide bonds. The summed E-state index contributed by atoms with van der Waals surface area (Å²) in [5.41, 5.74) is 2.52. The molecule has 2 fully saturated rings. The number of nitrogens with one attached hydrogen (secondary N) is 1. The number of hydrogen-bond acceptors (Lipinski definition) is 9. The van der Waals surface area contributed by atoms with Crippen molar-refractivity contribution in [3.05, 3.63) is 64.4 Å². The molecule has 2 aliphatic rings. The third kappa shape index (κ3) is 4.86. The molecule has 0 radical (unpaired) electrons. The third-order valence-electron chi connectivity index (χ3n) is 8.18. The first kappa shape index (κ1) is 28.1. The van der Waals surface area contributed by atoms with Crippen molar-refractivity contribution in [2.75, 3.05) is 11.9 Å². The Morgan fingerprint density at radius 1 is 1.10 bits per heavy atom. The Balaban J connectivity index is 1.29. The van der Waals surface area contributed by atoms with Crippen molar-refractivity contribution in [3.63, 3.8) is 0 Å². The van der Waals surface area contributed by atoms with E-state index < -0.39 is 11.5 Å². The minimum atomic E-state index is -0.786. The van der Waals surface area contributed by atoms with Crippen LogP contribution in [0.2, 0.25) is 0 Å². The molecule has 42 heavy (non-hydrogen) atoms. The van der Waals surface area contributed by atoms with Gasteiger partial charge in [0.15, 0.2) is 11.6 Å². The molecule has 1 saturated carbocycles. The summed E-state index contributed by atoms with van der Waals surface area (Å²) in [5.74, 6) is -0.258. The summed E-state index contributed by atoms with van der Waals surface area (Å²) in [5, 5.41) is 27.3. The number of Topliss-reactive ketones (excluding diaryl/α,β-unsaturated/α-hetero) is 1. The van der Waals surface area contributed by atoms with Gasteiger partial charge in [0, 0.05) is 41.7 Å². The largest absolute Gasteiger partial charge is 0.396 e. The van der Waals surface area contributed by atoms with Gasteiger partial charge in [0.1, 0.15) is 35.3 Å². The lowest BCUT2D eigenvalue weighted by Gasteiger charge is -2.27. The quantitative estimate of drug-likeness (QED) is 0.195. The number of benzene rings is 1. The summed E-state index contributed by atoms with van der Waals surface area (Å²) in [6, 6.07) is 7.96. The van der Waals surface area contributed by atoms with E-state index in [1.807, 2.05) is 19.1 Å². The van der Waals surface area contributed by atoms with Gasteiger partial charge < -0.3 is 20.4 Å². The van der Waals surface area contributed by atoms with Crippen LogP contribution in [0.1, 0.15) is 41.6 Å². The van der Waals surface area contributed by atoms with Gasteiger partial charge in [-0.3, -0.25) is 19.1 Å². The minimum Gasteiger partial charge on any atom is -0.396 e. The van der Waals surface area contributed by atoms with Crippen LogP contribution >= 0.6 is 15.9 Å². The standard InChI is InChI=1S/C29H28BrN7O5/c1-15-3-6-23(30)33-27(15)34-28(42)21-8-29(14-39)9-22(29)37(21)25(41)12-36-20-5-4-17(7-19(20)26(35-36)16(2)40)18-10-31-24(13-38)32-11-18/h3-7,10-11,21-22,38-39H,8-9,12-14H2,1-2H3,(H,33,34,42)/t21-,22+,29-/m0/s1. The van der Waals surface area contributed by atoms with Gasteiger partial charge in [-0.15, -0.1) is 0 Å². The monoisotopic (exact) mass is 633 g/mol. The molecule has 1 aliphatic heterocycles. The number of likely N-dealkylation sites (tertiary alicyclic amines) is 1. The van der Waals surface area contributed by atoms with Crippen LogP contribution in [0.15, 0.2) is 47.3 Å². The Kier molecular flexibility index (Phi) is 7.11. The Morgan fingerprint density at radius 3 is 2.55 bits per heavy atom. The van der Waals surface area contributed by atoms with E-state index in [-0.39, 0.29) is 49.1 Å². The maximum absolute atomic E-state index is 13.8. The fourth-order valence-corrected chi connectivity index (χ4v) is 6.12. The molecule has 216 valence electrons. The van der Waals surface area contributed by atoms with Crippen LogP contribution in [0.3, 0.4) is 0 Å². The predicted molar refractivity (Wildman–Crippen MR) is 155 cm³/mol. The van der Waals surface area contributed by atoms with E-state index in [0.29, 0.717) is 45.6 Å². The second-order valence-corrected chi connectivity index (χ2v) is 11.7. The zero-order valence-electron chi connectivity index (χ0n) is 22.9. The fourth-order valence-electron chi connectivity index (χ4n) is 5.81. The second-order valence-electron chi connectivity index (χ2n) is 10.9. The number of fused-ring (bicyclic) bond motifs is 2. The van der Waals surface area contributed by atoms with Gasteiger partial charge in [0.25, 0.3) is 0 Å². The fraction of sp³-hybridized carbons (Fsp3) is 0.345. The maximum atomic E-state index is 13.8. The smallest absolute Gasteiger partial charge is 0.248 e. The van der Waals surface area contributed by atoms with Crippen molar-refractivity contribution >= 4 is 50.2 Å². The van der Waals surface area contributed by atoms with Crippen molar-refractivity contribution in [1.82, 2.24) is 29.6 Å². The first-order valence-corrected chi connectivity index (χ1v) is 14.2. The molecule has 1 saturated heterocycles. The Morgan fingerprint density at radius 2 is 1.86 bits per heavy atom. The molecule has 0 bridgehead atoms. The number of aliphatic hydroxyl groups excluding tert-OH is 2. The molecular formula is C29H28BrN7O5. The zero-order valence-corrected chi connectivity index (χ0v) is 24.5. The van der Waals surface area contributed by atoms with Gasteiger partial charge in [-0.1, -0.05) is 12.1 Å². The Labute approximate surface area is 248 Å². The van der Waals surface area contributed by atoms with Crippen LogP contribution < -0.4 is 5.32 Å². The second kappa shape index (κ2) is 10.6. The van der Waals surface area contributed by atoms with Crippen LogP contribution in [0, 0.1) is 12.3 Å². The van der Waals surface area contributed by atoms with Gasteiger partial charge in [-0.05, 0) is 65.0 Å². The normalized spacial score (nSPS) is 20.9. The molecule has 12 nitrogen and oxygen atoms in total. The highest BCUT2D eigenvalue weighted by molar-refractivity contribution is 9.10. The molecular weight excluding hydrogens is 606 g/mol. The highest BCUT2D eigenvalue weighted by Gasteiger charge is 2.66. The van der Waals surface area contributed by atoms with E-state index in [1.54, 1.807) is 35.5 Å². The number of aromatic nitrogens is 5. The van der Waals surface area contributed by atoms with Gasteiger partial charge in [0.2, 0.25) is 11.8 Å². The lowest BCUT2D eigenvalue weighted by molar-refractivity contribution is -0.138. The first-order valence-electron chi connectivity index (χ1n) is 13.4. The topological polar surface area (TPSA) is 163 Å². The number of ketones is 1. The van der Waals surface area contributed by atoms with Crippen molar-refractivity contribution in [2.24, 2.45) is 5.41 Å². The van der Waals surface area contributed by atoms with Crippen LogP contribution in [0.4, 0.5) is 5.82 Å². The average molecular weight is 634 g/mol. The summed E-state index contributed by atoms with van der Waals surface area (Å²) in [7, 11) is 0. The number of hydrogen-bond donors (Lipinski definition) is 3. The number of pyridine rings is 1. The number of piperidine rings is 1. The SMILES string of the molecule is CC(=O)c1nn(CC(=O)N2[C@H](C(=O)Nc3nc(Br)ccc3C)C[C@@]3(CO)C[C@@H]23)c2ccc(-c3cnc(CO)nc3)cc12. The number of halogens is 1. The summed E-state index contributed by atoms with van der Waals surface area (Å²) >= 11 is 3.32. The molecule has 3 N–H and O–H groups in total. The highest BCUT2D eigenvalue weighted by atomic mass is 79.9. The van der Waals surface area contributed by atoms with Gasteiger partial charge in [-0.25, -0.2) is 15.0 Å². The number of aliphatic hydroxyl groups is 2. The molecule has 4 aromatic rings. The lowest BCUT2D eigenvalue weighted by Crippen LogP contribution is -2.47. The number of nitrogens with zero attached hydrogens (tertiary/aromatic N) is 6. The Bertz CT molecular complexity index is 1740. The van der Waals surface area contributed by atoms with Gasteiger partial charge in [0.05, 0.1) is 12.1 Å². The van der Waals surface area contributed by atoms with Crippen LogP contribution in [-0.2, 0) is 22.7 Å². The summed E-state index contributed by atoms with van der Waals surface area (Å²) < 4.78 is 2.06. The van der Waals surface area contributed by atoms with E-state index >= 15 is 0 Å². The lowest BCUT2D eigenvalue weighted by atomic mass is 10.0. The number of anilines is 1. The predicted octanol–water partition coefficient (Wildman–Crippen LogP) is 2.64. The molecule has 6 rings (SSSR count). The third-order valence-corrected chi connectivity index (χ3v) is 8.62. The highest BCUT2D eigenvalue weighted by Crippen LogP contribution is 2.59. The molecule has 3 atom stereocenters. The summed E-state index contributed by atoms with van der Waals surface area (Å²) in [6.07, 6.45) is 4.14. The molecule has 0 spiro atoms. The Hall–Kier alpha value is -4.07. The first-order chi connectivity index (χ1) is 20.1. The zero-order chi connectivity index (χ0) is 29.8. The van der Waals surface area contributed by atoms with Crippen molar-refractivity contribution in [3.8, 4) is 11.1 Å². The van der Waals surface area contributed by atoms with Gasteiger partial charge >= 0.3 is 0 Å². The van der Waals surface area contributed by atoms with Crippen LogP contribution in [-0.4, -0.2) is 76.1 Å². The van der Waals surface area contributed by atoms with E-state index in [2.05, 4.69) is 41.3 Å². The van der Waals surface area contributed by atoms with Crippen molar-refractivity contribution < 1.29 is 24.6 Å². The van der Waals surface area contributed by atoms with Crippen LogP contribution in [0.5, 0.6) is 0 Å². The number of amides is 2. The minimum absolute atomic E-state index is 0.121. The molecule has 1 aliphatic carbocycles. The molecule has 4 heterocycles. The average Bonchev–Trinajstić information content (AvgIpc) is 3.42. The van der Waals surface area contributed by atoms with E-state index in [9.17, 15) is 24.6 Å². The number of carbonyl (C=O) groups excluding carboxylic acids is 3. The maximum Gasteiger partial charge on any atom is 0.248 e. The van der Waals surface area contributed by atoms with Crippen LogP contribution in [0.25, 0.3) is 22.0 Å². The molecule has 3 aromatic heterocycles. The number of carbonyl (C=O) groups is 3. The van der Waals surface area contributed by atoms with Crippen molar-refractivity contribution in [2.45, 2.75) is 51.9 Å². The number of aryl methyl sites for hydroxylation is 1. The number of rotatable bonds is 8. The molecule has 0 unspecified atom stereocenters. The van der Waals surface area contributed by atoms with Crippen molar-refractivity contribution in [1.29, 1.82) is 0 Å². The van der Waals surface area contributed by atoms with Gasteiger partial charge in [-0.2, -0.15) is 5.10 Å². The molecule has 13 heteroatoms. The summed E-state index contributed by atoms with van der Waals surface area (Å²) in [6.45, 7) is 2.67. The van der Waals surface area contributed by atoms with E-state index in [1.165, 1.54) is 11.6 Å². The summed E-state index contributed by atoms with van der Waals surface area (Å²) in [4.78, 5) is 54.0. The van der Waals surface area contributed by atoms with E-state index in [4.69, 9.17) is 0 Å².